The highest BCUT2D eigenvalue weighted by molar-refractivity contribution is 5.60. The summed E-state index contributed by atoms with van der Waals surface area (Å²) in [4.78, 5) is 11.1. The van der Waals surface area contributed by atoms with Gasteiger partial charge in [0.15, 0.2) is 5.76 Å². The van der Waals surface area contributed by atoms with Crippen molar-refractivity contribution in [3.63, 3.8) is 0 Å². The molecule has 152 valence electrons. The SMILES string of the molecule is COc1ccc(-c2cc(C(CN)Nc3ccnc(N4CCOCC4)n3)on2)cc1. The van der Waals surface area contributed by atoms with Crippen LogP contribution in [0.5, 0.6) is 5.75 Å². The molecule has 9 heteroatoms. The minimum atomic E-state index is -0.262. The molecule has 0 spiro atoms. The Bertz CT molecular complexity index is 924. The van der Waals surface area contributed by atoms with Gasteiger partial charge in [0, 0.05) is 37.5 Å². The third-order valence-corrected chi connectivity index (χ3v) is 4.75. The molecule has 0 saturated carbocycles. The molecule has 0 radical (unpaired) electrons. The van der Waals surface area contributed by atoms with Crippen molar-refractivity contribution in [2.45, 2.75) is 6.04 Å². The van der Waals surface area contributed by atoms with Crippen molar-refractivity contribution in [3.8, 4) is 17.0 Å². The number of rotatable bonds is 7. The number of anilines is 2. The Morgan fingerprint density at radius 1 is 1.21 bits per heavy atom. The van der Waals surface area contributed by atoms with Gasteiger partial charge in [-0.25, -0.2) is 4.98 Å². The summed E-state index contributed by atoms with van der Waals surface area (Å²) in [5.74, 6) is 2.79. The highest BCUT2D eigenvalue weighted by Gasteiger charge is 2.19. The van der Waals surface area contributed by atoms with Gasteiger partial charge < -0.3 is 29.9 Å². The van der Waals surface area contributed by atoms with Gasteiger partial charge in [0.05, 0.1) is 20.3 Å². The minimum absolute atomic E-state index is 0.262. The van der Waals surface area contributed by atoms with Gasteiger partial charge in [0.1, 0.15) is 23.3 Å². The first-order valence-corrected chi connectivity index (χ1v) is 9.50. The number of nitrogens with one attached hydrogen (secondary N) is 1. The van der Waals surface area contributed by atoms with Gasteiger partial charge in [0.2, 0.25) is 5.95 Å². The van der Waals surface area contributed by atoms with Gasteiger partial charge in [-0.15, -0.1) is 0 Å². The normalized spacial score (nSPS) is 15.2. The first kappa shape index (κ1) is 19.2. The second-order valence-electron chi connectivity index (χ2n) is 6.62. The number of hydrogen-bond acceptors (Lipinski definition) is 9. The van der Waals surface area contributed by atoms with Crippen molar-refractivity contribution < 1.29 is 14.0 Å². The van der Waals surface area contributed by atoms with Gasteiger partial charge in [0.25, 0.3) is 0 Å². The summed E-state index contributed by atoms with van der Waals surface area (Å²) in [5.41, 5.74) is 7.66. The van der Waals surface area contributed by atoms with Crippen LogP contribution in [0, 0.1) is 0 Å². The number of hydrogen-bond donors (Lipinski definition) is 2. The standard InChI is InChI=1S/C20H24N6O3/c1-27-15-4-2-14(3-5-15)16-12-18(29-25-16)17(13-21)23-19-6-7-22-20(24-19)26-8-10-28-11-9-26/h2-7,12,17H,8-11,13,21H2,1H3,(H,22,23,24). The van der Waals surface area contributed by atoms with E-state index in [1.54, 1.807) is 13.3 Å². The van der Waals surface area contributed by atoms with Crippen LogP contribution in [0.4, 0.5) is 11.8 Å². The third kappa shape index (κ3) is 4.47. The van der Waals surface area contributed by atoms with Crippen LogP contribution in [0.1, 0.15) is 11.8 Å². The molecule has 9 nitrogen and oxygen atoms in total. The number of ether oxygens (including phenoxy) is 2. The van der Waals surface area contributed by atoms with Crippen LogP contribution in [-0.2, 0) is 4.74 Å². The fourth-order valence-electron chi connectivity index (χ4n) is 3.12. The molecule has 29 heavy (non-hydrogen) atoms. The van der Waals surface area contributed by atoms with Crippen LogP contribution in [-0.4, -0.2) is 55.1 Å². The van der Waals surface area contributed by atoms with Crippen LogP contribution in [0.2, 0.25) is 0 Å². The van der Waals surface area contributed by atoms with Crippen molar-refractivity contribution in [2.75, 3.05) is 50.2 Å². The first-order chi connectivity index (χ1) is 14.3. The molecule has 1 fully saturated rings. The predicted octanol–water partition coefficient (Wildman–Crippen LogP) is 2.09. The smallest absolute Gasteiger partial charge is 0.227 e. The molecular weight excluding hydrogens is 372 g/mol. The number of morpholine rings is 1. The van der Waals surface area contributed by atoms with E-state index in [0.29, 0.717) is 37.3 Å². The Balaban J connectivity index is 1.48. The van der Waals surface area contributed by atoms with Crippen molar-refractivity contribution in [1.82, 2.24) is 15.1 Å². The molecule has 1 unspecified atom stereocenters. The average molecular weight is 396 g/mol. The van der Waals surface area contributed by atoms with Crippen molar-refractivity contribution in [1.29, 1.82) is 0 Å². The largest absolute Gasteiger partial charge is 0.497 e. The van der Waals surface area contributed by atoms with E-state index in [-0.39, 0.29) is 6.04 Å². The zero-order valence-corrected chi connectivity index (χ0v) is 16.2. The highest BCUT2D eigenvalue weighted by Crippen LogP contribution is 2.26. The van der Waals surface area contributed by atoms with Crippen LogP contribution in [0.15, 0.2) is 47.1 Å². The molecule has 3 heterocycles. The van der Waals surface area contributed by atoms with E-state index in [4.69, 9.17) is 19.7 Å². The Morgan fingerprint density at radius 2 is 2.00 bits per heavy atom. The molecule has 3 N–H and O–H groups in total. The van der Waals surface area contributed by atoms with E-state index in [9.17, 15) is 0 Å². The lowest BCUT2D eigenvalue weighted by molar-refractivity contribution is 0.122. The first-order valence-electron chi connectivity index (χ1n) is 9.50. The van der Waals surface area contributed by atoms with Crippen LogP contribution >= 0.6 is 0 Å². The van der Waals surface area contributed by atoms with E-state index < -0.39 is 0 Å². The molecule has 1 aliphatic heterocycles. The second-order valence-corrected chi connectivity index (χ2v) is 6.62. The molecule has 4 rings (SSSR count). The number of aromatic nitrogens is 3. The van der Waals surface area contributed by atoms with Gasteiger partial charge in [-0.1, -0.05) is 5.16 Å². The molecular formula is C20H24N6O3. The molecule has 3 aromatic rings. The topological polar surface area (TPSA) is 112 Å². The molecule has 1 aromatic carbocycles. The van der Waals surface area contributed by atoms with Crippen LogP contribution in [0.3, 0.4) is 0 Å². The zero-order valence-electron chi connectivity index (χ0n) is 16.2. The van der Waals surface area contributed by atoms with E-state index >= 15 is 0 Å². The lowest BCUT2D eigenvalue weighted by atomic mass is 10.1. The maximum absolute atomic E-state index is 5.98. The molecule has 0 bridgehead atoms. The molecule has 0 amide bonds. The van der Waals surface area contributed by atoms with E-state index in [2.05, 4.69) is 25.3 Å². The van der Waals surface area contributed by atoms with Crippen LogP contribution < -0.4 is 20.7 Å². The second kappa shape index (κ2) is 8.89. The Morgan fingerprint density at radius 3 is 2.72 bits per heavy atom. The lowest BCUT2D eigenvalue weighted by Gasteiger charge is -2.27. The molecule has 2 aromatic heterocycles. The number of benzene rings is 1. The quantitative estimate of drug-likeness (QED) is 0.620. The maximum atomic E-state index is 5.98. The van der Waals surface area contributed by atoms with E-state index in [1.807, 2.05) is 36.4 Å². The lowest BCUT2D eigenvalue weighted by Crippen LogP contribution is -2.37. The van der Waals surface area contributed by atoms with Crippen molar-refractivity contribution >= 4 is 11.8 Å². The fourth-order valence-corrected chi connectivity index (χ4v) is 3.12. The summed E-state index contributed by atoms with van der Waals surface area (Å²) in [6.07, 6.45) is 1.73. The summed E-state index contributed by atoms with van der Waals surface area (Å²) >= 11 is 0. The Labute approximate surface area is 168 Å². The monoisotopic (exact) mass is 396 g/mol. The number of methoxy groups -OCH3 is 1. The van der Waals surface area contributed by atoms with E-state index in [1.165, 1.54) is 0 Å². The maximum Gasteiger partial charge on any atom is 0.227 e. The minimum Gasteiger partial charge on any atom is -0.497 e. The Hall–Kier alpha value is -3.17. The number of nitrogens with zero attached hydrogens (tertiary/aromatic N) is 4. The molecule has 0 aliphatic carbocycles. The molecule has 1 aliphatic rings. The summed E-state index contributed by atoms with van der Waals surface area (Å²) in [5, 5.41) is 7.50. The Kier molecular flexibility index (Phi) is 5.87. The predicted molar refractivity (Wildman–Crippen MR) is 109 cm³/mol. The van der Waals surface area contributed by atoms with Gasteiger partial charge in [-0.2, -0.15) is 4.98 Å². The summed E-state index contributed by atoms with van der Waals surface area (Å²) in [6.45, 7) is 3.24. The fraction of sp³-hybridized carbons (Fsp3) is 0.350. The highest BCUT2D eigenvalue weighted by atomic mass is 16.5. The average Bonchev–Trinajstić information content (AvgIpc) is 3.28. The number of nitrogens with two attached hydrogens (primary N) is 1. The zero-order chi connectivity index (χ0) is 20.1. The summed E-state index contributed by atoms with van der Waals surface area (Å²) in [7, 11) is 1.64. The van der Waals surface area contributed by atoms with Gasteiger partial charge in [-0.05, 0) is 30.3 Å². The third-order valence-electron chi connectivity index (χ3n) is 4.75. The van der Waals surface area contributed by atoms with Crippen LogP contribution in [0.25, 0.3) is 11.3 Å². The van der Waals surface area contributed by atoms with E-state index in [0.717, 1.165) is 30.1 Å². The van der Waals surface area contributed by atoms with Crippen molar-refractivity contribution in [3.05, 3.63) is 48.4 Å². The summed E-state index contributed by atoms with van der Waals surface area (Å²) < 4.78 is 16.1. The van der Waals surface area contributed by atoms with Gasteiger partial charge >= 0.3 is 0 Å². The molecule has 1 saturated heterocycles. The summed E-state index contributed by atoms with van der Waals surface area (Å²) in [6, 6.07) is 11.1. The van der Waals surface area contributed by atoms with Crippen molar-refractivity contribution in [2.24, 2.45) is 5.73 Å². The molecule has 1 atom stereocenters. The van der Waals surface area contributed by atoms with Gasteiger partial charge in [-0.3, -0.25) is 0 Å².